The smallest absolute Gasteiger partial charge is 0.309 e. The van der Waals surface area contributed by atoms with Crippen LogP contribution in [0.3, 0.4) is 0 Å². The van der Waals surface area contributed by atoms with Crippen LogP contribution in [0.25, 0.3) is 11.1 Å². The fraction of sp³-hybridized carbons (Fsp3) is 0.471. The number of carbonyl (C=O) groups is 2. The number of nitrogens with zero attached hydrogens (tertiary/aromatic N) is 2. The number of hydrogen-bond acceptors (Lipinski definition) is 6. The minimum atomic E-state index is -0.669. The molecule has 0 aliphatic carbocycles. The summed E-state index contributed by atoms with van der Waals surface area (Å²) in [6.07, 6.45) is 0.669. The zero-order valence-electron chi connectivity index (χ0n) is 13.3. The number of benzene rings is 1. The molecular weight excluding hydrogens is 296 g/mol. The third-order valence-electron chi connectivity index (χ3n) is 4.25. The topological polar surface area (TPSA) is 72.6 Å². The van der Waals surface area contributed by atoms with Crippen LogP contribution in [0, 0.1) is 5.92 Å². The van der Waals surface area contributed by atoms with Gasteiger partial charge in [0.05, 0.1) is 5.92 Å². The molecule has 0 N–H and O–H groups in total. The zero-order chi connectivity index (χ0) is 16.4. The average Bonchev–Trinajstić information content (AvgIpc) is 2.98. The van der Waals surface area contributed by atoms with E-state index in [0.717, 1.165) is 11.1 Å². The second-order valence-electron chi connectivity index (χ2n) is 5.92. The van der Waals surface area contributed by atoms with Crippen molar-refractivity contribution in [2.45, 2.75) is 32.8 Å². The van der Waals surface area contributed by atoms with Crippen molar-refractivity contribution < 1.29 is 18.7 Å². The minimum absolute atomic E-state index is 0.137. The summed E-state index contributed by atoms with van der Waals surface area (Å²) in [6, 6.07) is 8.23. The van der Waals surface area contributed by atoms with Gasteiger partial charge in [0.25, 0.3) is 6.01 Å². The van der Waals surface area contributed by atoms with Gasteiger partial charge in [-0.1, -0.05) is 12.1 Å². The number of piperidine rings is 1. The van der Waals surface area contributed by atoms with Gasteiger partial charge in [0.15, 0.2) is 17.5 Å². The van der Waals surface area contributed by atoms with Crippen LogP contribution in [0.2, 0.25) is 0 Å². The van der Waals surface area contributed by atoms with Gasteiger partial charge in [0, 0.05) is 13.1 Å². The number of carbonyl (C=O) groups excluding carboxylic acids is 2. The van der Waals surface area contributed by atoms with E-state index in [1.165, 1.54) is 6.92 Å². The van der Waals surface area contributed by atoms with Crippen LogP contribution in [-0.4, -0.2) is 35.9 Å². The number of esters is 1. The van der Waals surface area contributed by atoms with E-state index in [4.69, 9.17) is 9.15 Å². The Morgan fingerprint density at radius 3 is 2.65 bits per heavy atom. The first-order valence-corrected chi connectivity index (χ1v) is 7.86. The van der Waals surface area contributed by atoms with E-state index in [1.54, 1.807) is 6.92 Å². The molecule has 0 spiro atoms. The van der Waals surface area contributed by atoms with Crippen molar-refractivity contribution in [1.29, 1.82) is 0 Å². The van der Waals surface area contributed by atoms with Crippen molar-refractivity contribution in [3.05, 3.63) is 24.3 Å². The van der Waals surface area contributed by atoms with Gasteiger partial charge in [0.2, 0.25) is 0 Å². The van der Waals surface area contributed by atoms with Gasteiger partial charge < -0.3 is 14.1 Å². The van der Waals surface area contributed by atoms with Gasteiger partial charge in [-0.2, -0.15) is 4.98 Å². The molecule has 1 unspecified atom stereocenters. The first-order chi connectivity index (χ1) is 11.0. The van der Waals surface area contributed by atoms with Crippen molar-refractivity contribution in [2.24, 2.45) is 5.92 Å². The molecule has 1 aromatic carbocycles. The highest BCUT2D eigenvalue weighted by atomic mass is 16.5. The summed E-state index contributed by atoms with van der Waals surface area (Å²) >= 11 is 0. The molecule has 1 fully saturated rings. The van der Waals surface area contributed by atoms with Gasteiger partial charge in [0.1, 0.15) is 5.52 Å². The van der Waals surface area contributed by atoms with Crippen LogP contribution >= 0.6 is 0 Å². The molecule has 1 aliphatic rings. The number of fused-ring (bicyclic) bond motifs is 1. The van der Waals surface area contributed by atoms with E-state index in [2.05, 4.69) is 4.98 Å². The van der Waals surface area contributed by atoms with Crippen molar-refractivity contribution >= 4 is 28.9 Å². The molecule has 122 valence electrons. The van der Waals surface area contributed by atoms with Gasteiger partial charge in [-0.15, -0.1) is 0 Å². The summed E-state index contributed by atoms with van der Waals surface area (Å²) in [4.78, 5) is 29.8. The Morgan fingerprint density at radius 1 is 1.30 bits per heavy atom. The SMILES string of the molecule is CC(=O)C(C)OC(=O)C1CCN(c2nc3ccccc3o2)CC1. The minimum Gasteiger partial charge on any atom is -0.454 e. The fourth-order valence-electron chi connectivity index (χ4n) is 2.66. The first kappa shape index (κ1) is 15.5. The summed E-state index contributed by atoms with van der Waals surface area (Å²) < 4.78 is 10.9. The Morgan fingerprint density at radius 2 is 2.00 bits per heavy atom. The van der Waals surface area contributed by atoms with Crippen LogP contribution in [0.5, 0.6) is 0 Å². The van der Waals surface area contributed by atoms with Crippen molar-refractivity contribution in [2.75, 3.05) is 18.0 Å². The maximum atomic E-state index is 12.1. The highest BCUT2D eigenvalue weighted by molar-refractivity contribution is 5.83. The molecule has 6 heteroatoms. The number of para-hydroxylation sites is 2. The van der Waals surface area contributed by atoms with Crippen molar-refractivity contribution in [3.8, 4) is 0 Å². The van der Waals surface area contributed by atoms with Gasteiger partial charge in [-0.05, 0) is 38.8 Å². The van der Waals surface area contributed by atoms with Crippen molar-refractivity contribution in [3.63, 3.8) is 0 Å². The fourth-order valence-corrected chi connectivity index (χ4v) is 2.66. The van der Waals surface area contributed by atoms with E-state index in [1.807, 2.05) is 29.2 Å². The number of aromatic nitrogens is 1. The lowest BCUT2D eigenvalue weighted by molar-refractivity contribution is -0.158. The van der Waals surface area contributed by atoms with Crippen molar-refractivity contribution in [1.82, 2.24) is 4.98 Å². The molecule has 3 rings (SSSR count). The van der Waals surface area contributed by atoms with Crippen LogP contribution in [-0.2, 0) is 14.3 Å². The lowest BCUT2D eigenvalue weighted by Crippen LogP contribution is -2.38. The molecule has 0 bridgehead atoms. The summed E-state index contributed by atoms with van der Waals surface area (Å²) in [5, 5.41) is 0. The molecule has 0 saturated carbocycles. The maximum Gasteiger partial charge on any atom is 0.309 e. The summed E-state index contributed by atoms with van der Waals surface area (Å²) in [5.41, 5.74) is 1.60. The number of rotatable bonds is 4. The molecular formula is C17H20N2O4. The molecule has 6 nitrogen and oxygen atoms in total. The summed E-state index contributed by atoms with van der Waals surface area (Å²) in [6.45, 7) is 4.39. The van der Waals surface area contributed by atoms with Crippen LogP contribution in [0.15, 0.2) is 28.7 Å². The number of oxazole rings is 1. The van der Waals surface area contributed by atoms with Crippen LogP contribution in [0.4, 0.5) is 6.01 Å². The predicted molar refractivity (Wildman–Crippen MR) is 85.2 cm³/mol. The normalized spacial score (nSPS) is 17.2. The predicted octanol–water partition coefficient (Wildman–Crippen LogP) is 2.56. The molecule has 1 aliphatic heterocycles. The molecule has 23 heavy (non-hydrogen) atoms. The second kappa shape index (κ2) is 6.40. The largest absolute Gasteiger partial charge is 0.454 e. The molecule has 1 saturated heterocycles. The molecule has 0 radical (unpaired) electrons. The molecule has 1 atom stereocenters. The number of hydrogen-bond donors (Lipinski definition) is 0. The van der Waals surface area contributed by atoms with Gasteiger partial charge in [-0.3, -0.25) is 9.59 Å². The Balaban J connectivity index is 1.59. The quantitative estimate of drug-likeness (QED) is 0.807. The van der Waals surface area contributed by atoms with E-state index >= 15 is 0 Å². The lowest BCUT2D eigenvalue weighted by atomic mass is 9.97. The molecule has 1 aromatic heterocycles. The standard InChI is InChI=1S/C17H20N2O4/c1-11(20)12(2)22-16(21)13-7-9-19(10-8-13)17-18-14-5-3-4-6-15(14)23-17/h3-6,12-13H,7-10H2,1-2H3. The third kappa shape index (κ3) is 3.36. The average molecular weight is 316 g/mol. The Kier molecular flexibility index (Phi) is 4.32. The molecule has 2 heterocycles. The monoisotopic (exact) mass is 316 g/mol. The van der Waals surface area contributed by atoms with E-state index in [-0.39, 0.29) is 17.7 Å². The van der Waals surface area contributed by atoms with Crippen LogP contribution < -0.4 is 4.90 Å². The van der Waals surface area contributed by atoms with E-state index in [9.17, 15) is 9.59 Å². The third-order valence-corrected chi connectivity index (χ3v) is 4.25. The Labute approximate surface area is 134 Å². The van der Waals surface area contributed by atoms with Gasteiger partial charge >= 0.3 is 5.97 Å². The maximum absolute atomic E-state index is 12.1. The van der Waals surface area contributed by atoms with E-state index < -0.39 is 6.10 Å². The van der Waals surface area contributed by atoms with E-state index in [0.29, 0.717) is 31.9 Å². The lowest BCUT2D eigenvalue weighted by Gasteiger charge is -2.30. The molecule has 0 amide bonds. The molecule has 2 aromatic rings. The number of anilines is 1. The summed E-state index contributed by atoms with van der Waals surface area (Å²) in [5.74, 6) is -0.593. The first-order valence-electron chi connectivity index (χ1n) is 7.86. The highest BCUT2D eigenvalue weighted by Crippen LogP contribution is 2.27. The summed E-state index contributed by atoms with van der Waals surface area (Å²) in [7, 11) is 0. The number of ether oxygens (including phenoxy) is 1. The highest BCUT2D eigenvalue weighted by Gasteiger charge is 2.29. The van der Waals surface area contributed by atoms with Crippen LogP contribution in [0.1, 0.15) is 26.7 Å². The Hall–Kier alpha value is -2.37. The zero-order valence-corrected chi connectivity index (χ0v) is 13.3. The van der Waals surface area contributed by atoms with Gasteiger partial charge in [-0.25, -0.2) is 0 Å². The Bertz CT molecular complexity index is 683. The number of Topliss-reactive ketones (excluding diaryl/α,β-unsaturated/α-hetero) is 1. The second-order valence-corrected chi connectivity index (χ2v) is 5.92. The number of ketones is 1.